The lowest BCUT2D eigenvalue weighted by Crippen LogP contribution is -2.34. The van der Waals surface area contributed by atoms with Gasteiger partial charge in [0.1, 0.15) is 5.75 Å². The molecule has 1 aliphatic rings. The number of nitrogens with two attached hydrogens (primary N) is 1. The van der Waals surface area contributed by atoms with Gasteiger partial charge < -0.3 is 11.1 Å². The Morgan fingerprint density at radius 3 is 2.50 bits per heavy atom. The maximum atomic E-state index is 11.7. The van der Waals surface area contributed by atoms with Crippen LogP contribution in [0.5, 0.6) is 0 Å². The van der Waals surface area contributed by atoms with E-state index in [2.05, 4.69) is 5.32 Å². The largest absolute Gasteiger partial charge is 0.358 e. The summed E-state index contributed by atoms with van der Waals surface area (Å²) in [5, 5.41) is 2.66. The van der Waals surface area contributed by atoms with Crippen molar-refractivity contribution in [3.05, 3.63) is 0 Å². The van der Waals surface area contributed by atoms with Crippen LogP contribution >= 0.6 is 0 Å². The summed E-state index contributed by atoms with van der Waals surface area (Å²) >= 11 is 0. The van der Waals surface area contributed by atoms with E-state index < -0.39 is 10.8 Å². The molecular weight excluding hydrogens is 200 g/mol. The molecule has 0 saturated heterocycles. The van der Waals surface area contributed by atoms with Gasteiger partial charge in [0.2, 0.25) is 5.91 Å². The van der Waals surface area contributed by atoms with Crippen LogP contribution in [0.15, 0.2) is 0 Å². The molecule has 3 N–H and O–H groups in total. The molecule has 82 valence electrons. The molecule has 0 aromatic carbocycles. The Bertz CT molecular complexity index is 225. The first-order valence-electron chi connectivity index (χ1n) is 4.97. The third-order valence-corrected chi connectivity index (χ3v) is 4.40. The van der Waals surface area contributed by atoms with E-state index in [1.807, 2.05) is 0 Å². The molecule has 14 heavy (non-hydrogen) atoms. The lowest BCUT2D eigenvalue weighted by Gasteiger charge is -2.25. The number of rotatable bonds is 3. The molecule has 1 unspecified atom stereocenters. The quantitative estimate of drug-likeness (QED) is 0.686. The first kappa shape index (κ1) is 11.7. The fourth-order valence-corrected chi connectivity index (χ4v) is 3.11. The Morgan fingerprint density at radius 2 is 2.00 bits per heavy atom. The van der Waals surface area contributed by atoms with Gasteiger partial charge in [-0.05, 0) is 25.7 Å². The van der Waals surface area contributed by atoms with E-state index in [1.165, 1.54) is 0 Å². The maximum Gasteiger partial charge on any atom is 0.232 e. The van der Waals surface area contributed by atoms with Gasteiger partial charge in [0.15, 0.2) is 0 Å². The maximum absolute atomic E-state index is 11.7. The molecule has 0 heterocycles. The number of carbonyl (C=O) groups is 1. The highest BCUT2D eigenvalue weighted by molar-refractivity contribution is 7.86. The van der Waals surface area contributed by atoms with Gasteiger partial charge in [0.05, 0.1) is 0 Å². The van der Waals surface area contributed by atoms with Crippen LogP contribution in [0.25, 0.3) is 0 Å². The standard InChI is InChI=1S/C9H18N2O2S/c1-11-9(12)6-14(13)8-4-2-7(10)3-5-8/h7-8H,2-6,10H2,1H3,(H,11,12). The predicted molar refractivity (Wildman–Crippen MR) is 57.3 cm³/mol. The molecule has 1 saturated carbocycles. The van der Waals surface area contributed by atoms with Gasteiger partial charge in [-0.1, -0.05) is 0 Å². The lowest BCUT2D eigenvalue weighted by molar-refractivity contribution is -0.118. The summed E-state index contributed by atoms with van der Waals surface area (Å²) in [5.74, 6) is -0.00523. The van der Waals surface area contributed by atoms with Crippen LogP contribution in [0.3, 0.4) is 0 Å². The Labute approximate surface area is 87.1 Å². The van der Waals surface area contributed by atoms with E-state index in [-0.39, 0.29) is 23.0 Å². The summed E-state index contributed by atoms with van der Waals surface area (Å²) in [5.41, 5.74) is 5.75. The minimum absolute atomic E-state index is 0.135. The van der Waals surface area contributed by atoms with Crippen molar-refractivity contribution in [3.8, 4) is 0 Å². The average molecular weight is 218 g/mol. The number of amides is 1. The number of hydrogen-bond acceptors (Lipinski definition) is 3. The predicted octanol–water partition coefficient (Wildman–Crippen LogP) is -0.249. The molecule has 0 radical (unpaired) electrons. The molecule has 1 fully saturated rings. The van der Waals surface area contributed by atoms with E-state index >= 15 is 0 Å². The van der Waals surface area contributed by atoms with Crippen molar-refractivity contribution >= 4 is 16.7 Å². The van der Waals surface area contributed by atoms with Crippen molar-refractivity contribution in [3.63, 3.8) is 0 Å². The van der Waals surface area contributed by atoms with Gasteiger partial charge in [-0.2, -0.15) is 0 Å². The summed E-state index contributed by atoms with van der Waals surface area (Å²) in [6, 6.07) is 0.267. The van der Waals surface area contributed by atoms with Crippen molar-refractivity contribution < 1.29 is 9.00 Å². The van der Waals surface area contributed by atoms with Gasteiger partial charge >= 0.3 is 0 Å². The van der Waals surface area contributed by atoms with Crippen LogP contribution in [0.2, 0.25) is 0 Å². The van der Waals surface area contributed by atoms with E-state index in [0.717, 1.165) is 25.7 Å². The zero-order chi connectivity index (χ0) is 10.6. The lowest BCUT2D eigenvalue weighted by atomic mass is 9.96. The highest BCUT2D eigenvalue weighted by Gasteiger charge is 2.24. The molecular formula is C9H18N2O2S. The first-order chi connectivity index (χ1) is 6.63. The number of hydrogen-bond donors (Lipinski definition) is 2. The van der Waals surface area contributed by atoms with Crippen molar-refractivity contribution in [2.75, 3.05) is 12.8 Å². The van der Waals surface area contributed by atoms with Crippen LogP contribution in [-0.4, -0.2) is 34.2 Å². The fourth-order valence-electron chi connectivity index (χ4n) is 1.67. The molecule has 0 bridgehead atoms. The van der Waals surface area contributed by atoms with Gasteiger partial charge in [-0.15, -0.1) is 0 Å². The van der Waals surface area contributed by atoms with Gasteiger partial charge in [0, 0.05) is 29.1 Å². The molecule has 0 aromatic rings. The van der Waals surface area contributed by atoms with Crippen molar-refractivity contribution in [2.24, 2.45) is 5.73 Å². The van der Waals surface area contributed by atoms with Crippen molar-refractivity contribution in [2.45, 2.75) is 37.0 Å². The zero-order valence-corrected chi connectivity index (χ0v) is 9.31. The first-order valence-corrected chi connectivity index (χ1v) is 6.35. The second-order valence-corrected chi connectivity index (χ2v) is 5.45. The van der Waals surface area contributed by atoms with Gasteiger partial charge in [0.25, 0.3) is 0 Å². The highest BCUT2D eigenvalue weighted by atomic mass is 32.2. The Hall–Kier alpha value is -0.420. The summed E-state index contributed by atoms with van der Waals surface area (Å²) in [7, 11) is 0.547. The summed E-state index contributed by atoms with van der Waals surface area (Å²) in [4.78, 5) is 11.0. The third-order valence-electron chi connectivity index (χ3n) is 2.64. The molecule has 5 heteroatoms. The molecule has 4 nitrogen and oxygen atoms in total. The number of carbonyl (C=O) groups excluding carboxylic acids is 1. The smallest absolute Gasteiger partial charge is 0.232 e. The summed E-state index contributed by atoms with van der Waals surface area (Å²) < 4.78 is 11.7. The van der Waals surface area contributed by atoms with Crippen LogP contribution in [-0.2, 0) is 15.6 Å². The van der Waals surface area contributed by atoms with Crippen LogP contribution < -0.4 is 11.1 Å². The molecule has 0 aliphatic heterocycles. The Morgan fingerprint density at radius 1 is 1.43 bits per heavy atom. The minimum atomic E-state index is -1.02. The highest BCUT2D eigenvalue weighted by Crippen LogP contribution is 2.21. The second kappa shape index (κ2) is 5.46. The molecule has 0 spiro atoms. The molecule has 1 atom stereocenters. The van der Waals surface area contributed by atoms with E-state index in [4.69, 9.17) is 5.73 Å². The fraction of sp³-hybridized carbons (Fsp3) is 0.889. The average Bonchev–Trinajstić information content (AvgIpc) is 2.18. The molecule has 1 rings (SSSR count). The Kier molecular flexibility index (Phi) is 4.54. The third kappa shape index (κ3) is 3.38. The van der Waals surface area contributed by atoms with E-state index in [0.29, 0.717) is 0 Å². The Balaban J connectivity index is 2.34. The van der Waals surface area contributed by atoms with Gasteiger partial charge in [-0.25, -0.2) is 0 Å². The van der Waals surface area contributed by atoms with Crippen LogP contribution in [0.1, 0.15) is 25.7 Å². The monoisotopic (exact) mass is 218 g/mol. The summed E-state index contributed by atoms with van der Waals surface area (Å²) in [6.45, 7) is 0. The topological polar surface area (TPSA) is 72.2 Å². The second-order valence-electron chi connectivity index (χ2n) is 3.74. The zero-order valence-electron chi connectivity index (χ0n) is 8.49. The van der Waals surface area contributed by atoms with Gasteiger partial charge in [-0.3, -0.25) is 9.00 Å². The minimum Gasteiger partial charge on any atom is -0.358 e. The molecule has 1 aliphatic carbocycles. The molecule has 0 aromatic heterocycles. The summed E-state index contributed by atoms with van der Waals surface area (Å²) in [6.07, 6.45) is 3.66. The SMILES string of the molecule is CNC(=O)CS(=O)C1CCC(N)CC1. The van der Waals surface area contributed by atoms with Crippen LogP contribution in [0, 0.1) is 0 Å². The number of nitrogens with one attached hydrogen (secondary N) is 1. The molecule has 1 amide bonds. The van der Waals surface area contributed by atoms with E-state index in [1.54, 1.807) is 7.05 Å². The van der Waals surface area contributed by atoms with Crippen molar-refractivity contribution in [1.29, 1.82) is 0 Å². The van der Waals surface area contributed by atoms with Crippen LogP contribution in [0.4, 0.5) is 0 Å². The normalized spacial score (nSPS) is 29.6. The van der Waals surface area contributed by atoms with Crippen molar-refractivity contribution in [1.82, 2.24) is 5.32 Å². The van der Waals surface area contributed by atoms with E-state index in [9.17, 15) is 9.00 Å².